The van der Waals surface area contributed by atoms with Crippen LogP contribution in [0.3, 0.4) is 0 Å². The third-order valence-electron chi connectivity index (χ3n) is 3.08. The van der Waals surface area contributed by atoms with Crippen LogP contribution in [0, 0.1) is 19.8 Å². The predicted molar refractivity (Wildman–Crippen MR) is 67.0 cm³/mol. The van der Waals surface area contributed by atoms with E-state index in [2.05, 4.69) is 37.4 Å². The Hall–Kier alpha value is -1.02. The number of benzene rings is 1. The Morgan fingerprint density at radius 1 is 1.25 bits per heavy atom. The zero-order valence-corrected chi connectivity index (χ0v) is 10.3. The minimum Gasteiger partial charge on any atom is -0.493 e. The molecule has 0 aliphatic carbocycles. The van der Waals surface area contributed by atoms with Gasteiger partial charge in [0, 0.05) is 12.5 Å². The van der Waals surface area contributed by atoms with Crippen LogP contribution in [0.25, 0.3) is 0 Å². The lowest BCUT2D eigenvalue weighted by Gasteiger charge is -2.22. The zero-order valence-electron chi connectivity index (χ0n) is 10.3. The first-order valence-corrected chi connectivity index (χ1v) is 6.16. The second-order valence-electron chi connectivity index (χ2n) is 4.85. The van der Waals surface area contributed by atoms with Gasteiger partial charge in [-0.15, -0.1) is 0 Å². The van der Waals surface area contributed by atoms with Gasteiger partial charge in [0.1, 0.15) is 5.75 Å². The highest BCUT2D eigenvalue weighted by Gasteiger charge is 2.13. The van der Waals surface area contributed by atoms with Crippen molar-refractivity contribution < 1.29 is 4.74 Å². The highest BCUT2D eigenvalue weighted by Crippen LogP contribution is 2.18. The van der Waals surface area contributed by atoms with Crippen molar-refractivity contribution in [1.82, 2.24) is 5.32 Å². The Labute approximate surface area is 98.0 Å². The van der Waals surface area contributed by atoms with E-state index < -0.39 is 0 Å². The van der Waals surface area contributed by atoms with Crippen LogP contribution in [-0.4, -0.2) is 19.7 Å². The van der Waals surface area contributed by atoms with E-state index in [4.69, 9.17) is 4.74 Å². The van der Waals surface area contributed by atoms with Gasteiger partial charge in [-0.3, -0.25) is 0 Å². The number of hydrogen-bond acceptors (Lipinski definition) is 2. The van der Waals surface area contributed by atoms with E-state index in [0.717, 1.165) is 18.9 Å². The maximum Gasteiger partial charge on any atom is 0.119 e. The Balaban J connectivity index is 1.88. The van der Waals surface area contributed by atoms with Gasteiger partial charge in [-0.05, 0) is 56.5 Å². The number of hydrogen-bond donors (Lipinski definition) is 1. The van der Waals surface area contributed by atoms with E-state index in [9.17, 15) is 0 Å². The summed E-state index contributed by atoms with van der Waals surface area (Å²) >= 11 is 0. The van der Waals surface area contributed by atoms with Crippen molar-refractivity contribution >= 4 is 0 Å². The monoisotopic (exact) mass is 219 g/mol. The topological polar surface area (TPSA) is 21.3 Å². The van der Waals surface area contributed by atoms with Gasteiger partial charge in [0.05, 0.1) is 6.61 Å². The summed E-state index contributed by atoms with van der Waals surface area (Å²) in [6, 6.07) is 6.40. The van der Waals surface area contributed by atoms with Gasteiger partial charge < -0.3 is 10.1 Å². The zero-order chi connectivity index (χ0) is 11.4. The lowest BCUT2D eigenvalue weighted by Crippen LogP contribution is -2.33. The van der Waals surface area contributed by atoms with Crippen molar-refractivity contribution in [3.63, 3.8) is 0 Å². The molecule has 1 aliphatic rings. The molecule has 0 spiro atoms. The number of aryl methyl sites for hydroxylation is 2. The van der Waals surface area contributed by atoms with Gasteiger partial charge in [-0.1, -0.05) is 6.07 Å². The highest BCUT2D eigenvalue weighted by atomic mass is 16.5. The molecule has 0 aromatic heterocycles. The molecule has 2 nitrogen and oxygen atoms in total. The van der Waals surface area contributed by atoms with E-state index in [-0.39, 0.29) is 0 Å². The Kier molecular flexibility index (Phi) is 3.83. The first-order valence-electron chi connectivity index (χ1n) is 6.16. The van der Waals surface area contributed by atoms with Gasteiger partial charge in [0.25, 0.3) is 0 Å². The van der Waals surface area contributed by atoms with Crippen LogP contribution in [0.5, 0.6) is 5.75 Å². The molecule has 1 fully saturated rings. The molecule has 0 unspecified atom stereocenters. The van der Waals surface area contributed by atoms with Gasteiger partial charge in [0.2, 0.25) is 0 Å². The number of nitrogens with one attached hydrogen (secondary N) is 1. The van der Waals surface area contributed by atoms with E-state index in [1.807, 2.05) is 0 Å². The summed E-state index contributed by atoms with van der Waals surface area (Å²) in [6.07, 6.45) is 2.57. The molecule has 1 atom stereocenters. The number of piperidine rings is 1. The van der Waals surface area contributed by atoms with E-state index in [1.54, 1.807) is 0 Å². The summed E-state index contributed by atoms with van der Waals surface area (Å²) in [6.45, 7) is 7.34. The fourth-order valence-corrected chi connectivity index (χ4v) is 2.30. The summed E-state index contributed by atoms with van der Waals surface area (Å²) in [5.41, 5.74) is 2.55. The lowest BCUT2D eigenvalue weighted by molar-refractivity contribution is 0.218. The van der Waals surface area contributed by atoms with Gasteiger partial charge in [0.15, 0.2) is 0 Å². The lowest BCUT2D eigenvalue weighted by atomic mass is 10.0. The van der Waals surface area contributed by atoms with Crippen molar-refractivity contribution in [3.8, 4) is 5.75 Å². The normalized spacial score (nSPS) is 20.8. The number of rotatable bonds is 3. The molecular weight excluding hydrogens is 198 g/mol. The molecule has 2 rings (SSSR count). The largest absolute Gasteiger partial charge is 0.493 e. The second-order valence-corrected chi connectivity index (χ2v) is 4.85. The smallest absolute Gasteiger partial charge is 0.119 e. The van der Waals surface area contributed by atoms with Crippen LogP contribution in [0.2, 0.25) is 0 Å². The average molecular weight is 219 g/mol. The molecule has 0 amide bonds. The average Bonchev–Trinajstić information content (AvgIpc) is 2.27. The quantitative estimate of drug-likeness (QED) is 0.844. The van der Waals surface area contributed by atoms with Crippen molar-refractivity contribution in [2.24, 2.45) is 5.92 Å². The van der Waals surface area contributed by atoms with E-state index in [0.29, 0.717) is 5.92 Å². The minimum atomic E-state index is 0.676. The molecule has 0 saturated carbocycles. The molecule has 1 aliphatic heterocycles. The van der Waals surface area contributed by atoms with E-state index >= 15 is 0 Å². The van der Waals surface area contributed by atoms with Crippen molar-refractivity contribution in [2.45, 2.75) is 26.7 Å². The first-order chi connectivity index (χ1) is 7.74. The minimum absolute atomic E-state index is 0.676. The highest BCUT2D eigenvalue weighted by molar-refractivity contribution is 5.32. The fourth-order valence-electron chi connectivity index (χ4n) is 2.30. The fraction of sp³-hybridized carbons (Fsp3) is 0.571. The SMILES string of the molecule is Cc1cc(C)cc(OC[C@@H]2CCCNC2)c1. The molecule has 0 radical (unpaired) electrons. The van der Waals surface area contributed by atoms with Crippen molar-refractivity contribution in [1.29, 1.82) is 0 Å². The molecule has 1 N–H and O–H groups in total. The molecule has 88 valence electrons. The predicted octanol–water partition coefficient (Wildman–Crippen LogP) is 2.68. The standard InChI is InChI=1S/C14H21NO/c1-11-6-12(2)8-14(7-11)16-10-13-4-3-5-15-9-13/h6-8,13,15H,3-5,9-10H2,1-2H3/t13-/m1/s1. The van der Waals surface area contributed by atoms with Gasteiger partial charge in [-0.25, -0.2) is 0 Å². The van der Waals surface area contributed by atoms with Gasteiger partial charge >= 0.3 is 0 Å². The summed E-state index contributed by atoms with van der Waals surface area (Å²) in [4.78, 5) is 0. The van der Waals surface area contributed by atoms with Crippen LogP contribution in [0.15, 0.2) is 18.2 Å². The molecular formula is C14H21NO. The van der Waals surface area contributed by atoms with Crippen LogP contribution in [0.4, 0.5) is 0 Å². The molecule has 2 heteroatoms. The van der Waals surface area contributed by atoms with Crippen LogP contribution < -0.4 is 10.1 Å². The van der Waals surface area contributed by atoms with Crippen molar-refractivity contribution in [2.75, 3.05) is 19.7 Å². The third-order valence-corrected chi connectivity index (χ3v) is 3.08. The first kappa shape index (κ1) is 11.5. The third kappa shape index (κ3) is 3.24. The van der Waals surface area contributed by atoms with Crippen LogP contribution in [0.1, 0.15) is 24.0 Å². The number of ether oxygens (including phenoxy) is 1. The molecule has 1 heterocycles. The molecule has 16 heavy (non-hydrogen) atoms. The maximum atomic E-state index is 5.87. The second kappa shape index (κ2) is 5.35. The maximum absolute atomic E-state index is 5.87. The molecule has 1 aromatic carbocycles. The Bertz CT molecular complexity index is 322. The molecule has 1 aromatic rings. The van der Waals surface area contributed by atoms with Crippen LogP contribution in [-0.2, 0) is 0 Å². The summed E-state index contributed by atoms with van der Waals surface area (Å²) in [5.74, 6) is 1.69. The molecule has 1 saturated heterocycles. The van der Waals surface area contributed by atoms with Crippen molar-refractivity contribution in [3.05, 3.63) is 29.3 Å². The Morgan fingerprint density at radius 2 is 2.00 bits per heavy atom. The Morgan fingerprint density at radius 3 is 2.62 bits per heavy atom. The summed E-state index contributed by atoms with van der Waals surface area (Å²) in [5, 5.41) is 3.41. The summed E-state index contributed by atoms with van der Waals surface area (Å²) < 4.78 is 5.87. The van der Waals surface area contributed by atoms with Crippen LogP contribution >= 0.6 is 0 Å². The molecule has 0 bridgehead atoms. The summed E-state index contributed by atoms with van der Waals surface area (Å²) in [7, 11) is 0. The van der Waals surface area contributed by atoms with Gasteiger partial charge in [-0.2, -0.15) is 0 Å². The van der Waals surface area contributed by atoms with E-state index in [1.165, 1.54) is 30.5 Å².